The molecular weight excluding hydrogens is 220 g/mol. The molecule has 18 heavy (non-hydrogen) atoms. The average Bonchev–Trinajstić information content (AvgIpc) is 2.46. The molecule has 90 valence electrons. The molecule has 0 amide bonds. The monoisotopic (exact) mass is 236 g/mol. The van der Waals surface area contributed by atoms with Crippen molar-refractivity contribution in [1.29, 1.82) is 0 Å². The number of hydrogen-bond acceptors (Lipinski definition) is 2. The van der Waals surface area contributed by atoms with Gasteiger partial charge in [0.25, 0.3) is 0 Å². The summed E-state index contributed by atoms with van der Waals surface area (Å²) in [7, 11) is 1.77. The van der Waals surface area contributed by atoms with E-state index in [-0.39, 0.29) is 0 Å². The van der Waals surface area contributed by atoms with E-state index in [1.165, 1.54) is 22.3 Å². The van der Waals surface area contributed by atoms with Crippen LogP contribution >= 0.6 is 0 Å². The molecule has 0 aliphatic carbocycles. The second-order valence-electron chi connectivity index (χ2n) is 4.07. The van der Waals surface area contributed by atoms with E-state index >= 15 is 0 Å². The molecule has 1 aromatic carbocycles. The second kappa shape index (κ2) is 5.92. The van der Waals surface area contributed by atoms with Crippen molar-refractivity contribution >= 4 is 11.8 Å². The first-order valence-electron chi connectivity index (χ1n) is 5.91. The Balaban J connectivity index is 2.37. The fourth-order valence-electron chi connectivity index (χ4n) is 1.77. The van der Waals surface area contributed by atoms with Gasteiger partial charge in [0.2, 0.25) is 0 Å². The van der Waals surface area contributed by atoms with Crippen LogP contribution in [-0.4, -0.2) is 18.2 Å². The summed E-state index contributed by atoms with van der Waals surface area (Å²) in [6.45, 7) is 2.09. The van der Waals surface area contributed by atoms with Gasteiger partial charge in [0.05, 0.1) is 0 Å². The van der Waals surface area contributed by atoms with Crippen LogP contribution in [0.3, 0.4) is 0 Å². The summed E-state index contributed by atoms with van der Waals surface area (Å²) < 4.78 is 0. The normalized spacial score (nSPS) is 12.0. The molecule has 0 bridgehead atoms. The zero-order valence-electron chi connectivity index (χ0n) is 10.7. The largest absolute Gasteiger partial charge is 0.297 e. The van der Waals surface area contributed by atoms with Gasteiger partial charge < -0.3 is 0 Å². The van der Waals surface area contributed by atoms with Gasteiger partial charge in [0.15, 0.2) is 0 Å². The lowest BCUT2D eigenvalue weighted by Crippen LogP contribution is -1.83. The summed E-state index contributed by atoms with van der Waals surface area (Å²) in [6, 6.07) is 12.5. The van der Waals surface area contributed by atoms with Crippen LogP contribution in [0.4, 0.5) is 0 Å². The topological polar surface area (TPSA) is 25.2 Å². The number of benzene rings is 1. The summed E-state index contributed by atoms with van der Waals surface area (Å²) in [4.78, 5) is 8.01. The van der Waals surface area contributed by atoms with Crippen molar-refractivity contribution < 1.29 is 0 Å². The van der Waals surface area contributed by atoms with E-state index in [9.17, 15) is 0 Å². The molecule has 0 N–H and O–H groups in total. The number of aliphatic imine (C=N–C) groups is 1. The number of rotatable bonds is 3. The Bertz CT molecular complexity index is 569. The highest BCUT2D eigenvalue weighted by molar-refractivity contribution is 5.84. The van der Waals surface area contributed by atoms with Gasteiger partial charge in [-0.3, -0.25) is 9.98 Å². The molecule has 0 saturated carbocycles. The first kappa shape index (κ1) is 12.2. The zero-order chi connectivity index (χ0) is 12.8. The SMILES string of the molecule is CN=C/C=C(\C)c1cccc(-c2ccncc2)c1. The molecule has 1 heterocycles. The number of aromatic nitrogens is 1. The van der Waals surface area contributed by atoms with E-state index in [0.717, 1.165) is 0 Å². The van der Waals surface area contributed by atoms with Crippen molar-refractivity contribution in [3.05, 3.63) is 60.4 Å². The maximum absolute atomic E-state index is 4.04. The summed E-state index contributed by atoms with van der Waals surface area (Å²) >= 11 is 0. The quantitative estimate of drug-likeness (QED) is 0.743. The Labute approximate surface area is 108 Å². The van der Waals surface area contributed by atoms with Crippen molar-refractivity contribution in [3.8, 4) is 11.1 Å². The van der Waals surface area contributed by atoms with Crippen LogP contribution in [-0.2, 0) is 0 Å². The molecule has 0 unspecified atom stereocenters. The molecule has 0 atom stereocenters. The third-order valence-corrected chi connectivity index (χ3v) is 2.81. The van der Waals surface area contributed by atoms with Crippen molar-refractivity contribution in [2.75, 3.05) is 7.05 Å². The maximum atomic E-state index is 4.04. The molecule has 2 heteroatoms. The fourth-order valence-corrected chi connectivity index (χ4v) is 1.77. The van der Waals surface area contributed by atoms with Crippen LogP contribution in [0.1, 0.15) is 12.5 Å². The highest BCUT2D eigenvalue weighted by atomic mass is 14.6. The average molecular weight is 236 g/mol. The standard InChI is InChI=1S/C16H16N2/c1-13(6-9-17-2)15-4-3-5-16(12-15)14-7-10-18-11-8-14/h3-12H,1-2H3/b13-6+,17-9?. The summed E-state index contributed by atoms with van der Waals surface area (Å²) in [6.07, 6.45) is 7.46. The van der Waals surface area contributed by atoms with E-state index in [2.05, 4.69) is 41.2 Å². The minimum atomic E-state index is 1.18. The van der Waals surface area contributed by atoms with Gasteiger partial charge in [0.1, 0.15) is 0 Å². The summed E-state index contributed by atoms with van der Waals surface area (Å²) in [5.74, 6) is 0. The van der Waals surface area contributed by atoms with E-state index in [4.69, 9.17) is 0 Å². The van der Waals surface area contributed by atoms with Crippen LogP contribution < -0.4 is 0 Å². The van der Waals surface area contributed by atoms with Crippen molar-refractivity contribution in [2.45, 2.75) is 6.92 Å². The number of nitrogens with zero attached hydrogens (tertiary/aromatic N) is 2. The molecule has 2 nitrogen and oxygen atoms in total. The molecule has 0 aliphatic rings. The third-order valence-electron chi connectivity index (χ3n) is 2.81. The van der Waals surface area contributed by atoms with Gasteiger partial charge in [-0.05, 0) is 53.5 Å². The lowest BCUT2D eigenvalue weighted by molar-refractivity contribution is 1.33. The second-order valence-corrected chi connectivity index (χ2v) is 4.07. The molecule has 0 saturated heterocycles. The molecule has 0 radical (unpaired) electrons. The number of pyridine rings is 1. The summed E-state index contributed by atoms with van der Waals surface area (Å²) in [5.41, 5.74) is 4.81. The van der Waals surface area contributed by atoms with Gasteiger partial charge in [-0.25, -0.2) is 0 Å². The molecule has 0 aliphatic heterocycles. The zero-order valence-corrected chi connectivity index (χ0v) is 10.7. The molecule has 1 aromatic heterocycles. The number of allylic oxidation sites excluding steroid dienone is 2. The first-order valence-corrected chi connectivity index (χ1v) is 5.91. The predicted octanol–water partition coefficient (Wildman–Crippen LogP) is 3.85. The van der Waals surface area contributed by atoms with Crippen molar-refractivity contribution in [1.82, 2.24) is 4.98 Å². The van der Waals surface area contributed by atoms with Gasteiger partial charge in [-0.15, -0.1) is 0 Å². The maximum Gasteiger partial charge on any atom is 0.0277 e. The highest BCUT2D eigenvalue weighted by Crippen LogP contribution is 2.22. The van der Waals surface area contributed by atoms with Crippen LogP contribution in [0.25, 0.3) is 16.7 Å². The predicted molar refractivity (Wildman–Crippen MR) is 77.7 cm³/mol. The summed E-state index contributed by atoms with van der Waals surface area (Å²) in [5, 5.41) is 0. The lowest BCUT2D eigenvalue weighted by atomic mass is 10.0. The Kier molecular flexibility index (Phi) is 4.02. The van der Waals surface area contributed by atoms with Gasteiger partial charge in [-0.2, -0.15) is 0 Å². The smallest absolute Gasteiger partial charge is 0.0277 e. The van der Waals surface area contributed by atoms with Crippen molar-refractivity contribution in [3.63, 3.8) is 0 Å². The van der Waals surface area contributed by atoms with Gasteiger partial charge in [0, 0.05) is 25.7 Å². The van der Waals surface area contributed by atoms with Gasteiger partial charge >= 0.3 is 0 Å². The molecule has 0 spiro atoms. The highest BCUT2D eigenvalue weighted by Gasteiger charge is 1.99. The van der Waals surface area contributed by atoms with E-state index in [1.807, 2.05) is 36.8 Å². The van der Waals surface area contributed by atoms with E-state index < -0.39 is 0 Å². The third kappa shape index (κ3) is 2.92. The minimum absolute atomic E-state index is 1.18. The van der Waals surface area contributed by atoms with Gasteiger partial charge in [-0.1, -0.05) is 18.2 Å². The Morgan fingerprint density at radius 1 is 1.11 bits per heavy atom. The Morgan fingerprint density at radius 3 is 2.61 bits per heavy atom. The van der Waals surface area contributed by atoms with E-state index in [1.54, 1.807) is 7.05 Å². The first-order chi connectivity index (χ1) is 8.81. The Morgan fingerprint density at radius 2 is 1.89 bits per heavy atom. The fraction of sp³-hybridized carbons (Fsp3) is 0.125. The van der Waals surface area contributed by atoms with Crippen molar-refractivity contribution in [2.24, 2.45) is 4.99 Å². The van der Waals surface area contributed by atoms with Crippen LogP contribution in [0.2, 0.25) is 0 Å². The van der Waals surface area contributed by atoms with Crippen LogP contribution in [0.5, 0.6) is 0 Å². The number of hydrogen-bond donors (Lipinski definition) is 0. The molecular formula is C16H16N2. The van der Waals surface area contributed by atoms with E-state index in [0.29, 0.717) is 0 Å². The molecule has 2 rings (SSSR count). The minimum Gasteiger partial charge on any atom is -0.297 e. The molecule has 2 aromatic rings. The Hall–Kier alpha value is -2.22. The molecule has 0 fully saturated rings. The van der Waals surface area contributed by atoms with Crippen LogP contribution in [0, 0.1) is 0 Å². The lowest BCUT2D eigenvalue weighted by Gasteiger charge is -2.05. The van der Waals surface area contributed by atoms with Crippen LogP contribution in [0.15, 0.2) is 59.9 Å².